The molecule has 0 atom stereocenters. The molecule has 1 amide bonds. The Balaban J connectivity index is 1.86. The van der Waals surface area contributed by atoms with Crippen LogP contribution < -0.4 is 10.9 Å². The van der Waals surface area contributed by atoms with Crippen LogP contribution in [0.15, 0.2) is 35.3 Å². The zero-order chi connectivity index (χ0) is 11.2. The second-order valence-electron chi connectivity index (χ2n) is 3.33. The number of benzene rings is 1. The fourth-order valence-corrected chi connectivity index (χ4v) is 1.33. The van der Waals surface area contributed by atoms with Crippen molar-refractivity contribution in [2.75, 3.05) is 19.8 Å². The van der Waals surface area contributed by atoms with Gasteiger partial charge in [-0.2, -0.15) is 0 Å². The molecule has 16 heavy (non-hydrogen) atoms. The maximum Gasteiger partial charge on any atom is 0.269 e. The van der Waals surface area contributed by atoms with Crippen molar-refractivity contribution in [3.05, 3.63) is 35.9 Å². The molecular weight excluding hydrogens is 206 g/mol. The lowest BCUT2D eigenvalue weighted by Crippen LogP contribution is -2.44. The molecule has 0 unspecified atom stereocenters. The average Bonchev–Trinajstić information content (AvgIpc) is 2.38. The van der Waals surface area contributed by atoms with E-state index >= 15 is 0 Å². The Morgan fingerprint density at radius 2 is 2.12 bits per heavy atom. The van der Waals surface area contributed by atoms with Gasteiger partial charge in [0.15, 0.2) is 0 Å². The number of hydrazine groups is 1. The van der Waals surface area contributed by atoms with Gasteiger partial charge in [-0.25, -0.2) is 0 Å². The number of hydrogen-bond donors (Lipinski definition) is 2. The van der Waals surface area contributed by atoms with Crippen LogP contribution >= 0.6 is 0 Å². The highest BCUT2D eigenvalue weighted by Gasteiger charge is 2.07. The number of aliphatic imine (C=N–C) groups is 1. The maximum absolute atomic E-state index is 11.6. The van der Waals surface area contributed by atoms with E-state index in [-0.39, 0.29) is 5.91 Å². The highest BCUT2D eigenvalue weighted by Crippen LogP contribution is 1.97. The number of nitrogens with zero attached hydrogens (tertiary/aromatic N) is 1. The highest BCUT2D eigenvalue weighted by molar-refractivity contribution is 5.96. The molecule has 1 aromatic carbocycles. The van der Waals surface area contributed by atoms with Gasteiger partial charge in [0.25, 0.3) is 5.91 Å². The molecule has 84 valence electrons. The molecule has 2 rings (SSSR count). The smallest absolute Gasteiger partial charge is 0.269 e. The van der Waals surface area contributed by atoms with Gasteiger partial charge in [0.05, 0.1) is 13.2 Å². The topological polar surface area (TPSA) is 62.7 Å². The number of ether oxygens (including phenoxy) is 1. The standard InChI is InChI=1S/C11H13N3O2/c15-11(9-4-2-1-3-5-9)14-13-10-8-16-7-6-12-10/h1-5H,6-8H2,(H,12,13)(H,14,15). The van der Waals surface area contributed by atoms with Crippen molar-refractivity contribution < 1.29 is 9.53 Å². The lowest BCUT2D eigenvalue weighted by Gasteiger charge is -2.15. The second kappa shape index (κ2) is 5.27. The summed E-state index contributed by atoms with van der Waals surface area (Å²) in [5.74, 6) is 0.462. The van der Waals surface area contributed by atoms with E-state index in [1.165, 1.54) is 0 Å². The quantitative estimate of drug-likeness (QED) is 0.670. The summed E-state index contributed by atoms with van der Waals surface area (Å²) in [6.07, 6.45) is 0. The molecule has 1 aliphatic rings. The monoisotopic (exact) mass is 219 g/mol. The van der Waals surface area contributed by atoms with Crippen molar-refractivity contribution in [1.82, 2.24) is 10.9 Å². The molecule has 0 aromatic heterocycles. The van der Waals surface area contributed by atoms with Gasteiger partial charge >= 0.3 is 0 Å². The van der Waals surface area contributed by atoms with Crippen molar-refractivity contribution in [3.63, 3.8) is 0 Å². The van der Waals surface area contributed by atoms with Crippen LogP contribution in [0.5, 0.6) is 0 Å². The normalized spacial score (nSPS) is 15.1. The van der Waals surface area contributed by atoms with Crippen molar-refractivity contribution in [2.45, 2.75) is 0 Å². The van der Waals surface area contributed by atoms with Gasteiger partial charge in [0.1, 0.15) is 12.4 Å². The van der Waals surface area contributed by atoms with Crippen molar-refractivity contribution in [1.29, 1.82) is 0 Å². The maximum atomic E-state index is 11.6. The van der Waals surface area contributed by atoms with E-state index in [4.69, 9.17) is 4.74 Å². The van der Waals surface area contributed by atoms with Gasteiger partial charge in [0.2, 0.25) is 0 Å². The molecule has 1 aliphatic heterocycles. The number of hydrogen-bond acceptors (Lipinski definition) is 4. The molecular formula is C11H13N3O2. The van der Waals surface area contributed by atoms with Crippen molar-refractivity contribution >= 4 is 11.7 Å². The first-order valence-electron chi connectivity index (χ1n) is 5.09. The number of carbonyl (C=O) groups excluding carboxylic acids is 1. The highest BCUT2D eigenvalue weighted by atomic mass is 16.5. The third-order valence-electron chi connectivity index (χ3n) is 2.13. The SMILES string of the molecule is O=C(NNC1=NCCOC1)c1ccccc1. The Bertz CT molecular complexity index is 389. The number of nitrogens with one attached hydrogen (secondary N) is 2. The van der Waals surface area contributed by atoms with Gasteiger partial charge in [-0.15, -0.1) is 0 Å². The summed E-state index contributed by atoms with van der Waals surface area (Å²) in [5, 5.41) is 0. The molecule has 0 bridgehead atoms. The van der Waals surface area contributed by atoms with Gasteiger partial charge in [-0.3, -0.25) is 20.6 Å². The second-order valence-corrected chi connectivity index (χ2v) is 3.33. The largest absolute Gasteiger partial charge is 0.372 e. The number of amides is 1. The summed E-state index contributed by atoms with van der Waals surface area (Å²) in [4.78, 5) is 15.8. The zero-order valence-electron chi connectivity index (χ0n) is 8.77. The van der Waals surface area contributed by atoms with Gasteiger partial charge in [0, 0.05) is 5.56 Å². The first kappa shape index (κ1) is 10.6. The number of amidine groups is 1. The molecule has 0 radical (unpaired) electrons. The van der Waals surface area contributed by atoms with Crippen LogP contribution in [0.25, 0.3) is 0 Å². The third kappa shape index (κ3) is 2.80. The summed E-state index contributed by atoms with van der Waals surface area (Å²) in [6, 6.07) is 8.99. The molecule has 5 nitrogen and oxygen atoms in total. The predicted molar refractivity (Wildman–Crippen MR) is 60.2 cm³/mol. The van der Waals surface area contributed by atoms with E-state index < -0.39 is 0 Å². The van der Waals surface area contributed by atoms with Crippen LogP contribution in [0.3, 0.4) is 0 Å². The van der Waals surface area contributed by atoms with Gasteiger partial charge in [-0.05, 0) is 12.1 Å². The Morgan fingerprint density at radius 1 is 1.31 bits per heavy atom. The molecule has 1 heterocycles. The first-order chi connectivity index (χ1) is 7.86. The minimum absolute atomic E-state index is 0.186. The number of rotatable bonds is 1. The van der Waals surface area contributed by atoms with E-state index in [0.29, 0.717) is 31.2 Å². The Kier molecular flexibility index (Phi) is 3.50. The fourth-order valence-electron chi connectivity index (χ4n) is 1.33. The Labute approximate surface area is 93.5 Å². The van der Waals surface area contributed by atoms with Crippen molar-refractivity contribution in [2.24, 2.45) is 4.99 Å². The van der Waals surface area contributed by atoms with Crippen LogP contribution in [-0.4, -0.2) is 31.5 Å². The minimum Gasteiger partial charge on any atom is -0.372 e. The lowest BCUT2D eigenvalue weighted by molar-refractivity contribution is 0.0940. The molecule has 0 fully saturated rings. The van der Waals surface area contributed by atoms with E-state index in [9.17, 15) is 4.79 Å². The molecule has 0 saturated carbocycles. The summed E-state index contributed by atoms with van der Waals surface area (Å²) < 4.78 is 5.18. The van der Waals surface area contributed by atoms with Crippen LogP contribution in [0.1, 0.15) is 10.4 Å². The van der Waals surface area contributed by atoms with Crippen molar-refractivity contribution in [3.8, 4) is 0 Å². The van der Waals surface area contributed by atoms with Crippen LogP contribution in [0, 0.1) is 0 Å². The molecule has 0 aliphatic carbocycles. The summed E-state index contributed by atoms with van der Waals surface area (Å²) in [7, 11) is 0. The Morgan fingerprint density at radius 3 is 2.81 bits per heavy atom. The van der Waals surface area contributed by atoms with Crippen LogP contribution in [0.4, 0.5) is 0 Å². The minimum atomic E-state index is -0.186. The van der Waals surface area contributed by atoms with E-state index in [1.807, 2.05) is 18.2 Å². The first-order valence-corrected chi connectivity index (χ1v) is 5.09. The zero-order valence-corrected chi connectivity index (χ0v) is 8.77. The molecule has 2 N–H and O–H groups in total. The van der Waals surface area contributed by atoms with E-state index in [0.717, 1.165) is 0 Å². The summed E-state index contributed by atoms with van der Waals surface area (Å²) >= 11 is 0. The predicted octanol–water partition coefficient (Wildman–Crippen LogP) is 0.350. The average molecular weight is 219 g/mol. The Hall–Kier alpha value is -1.88. The third-order valence-corrected chi connectivity index (χ3v) is 2.13. The van der Waals surface area contributed by atoms with Crippen LogP contribution in [0.2, 0.25) is 0 Å². The summed E-state index contributed by atoms with van der Waals surface area (Å²) in [5.41, 5.74) is 5.92. The molecule has 0 saturated heterocycles. The van der Waals surface area contributed by atoms with Gasteiger partial charge in [-0.1, -0.05) is 18.2 Å². The molecule has 1 aromatic rings. The van der Waals surface area contributed by atoms with E-state index in [1.54, 1.807) is 12.1 Å². The summed E-state index contributed by atoms with van der Waals surface area (Å²) in [6.45, 7) is 1.68. The molecule has 5 heteroatoms. The lowest BCUT2D eigenvalue weighted by atomic mass is 10.2. The fraction of sp³-hybridized carbons (Fsp3) is 0.273. The van der Waals surface area contributed by atoms with Gasteiger partial charge < -0.3 is 4.74 Å². The number of carbonyl (C=O) groups is 1. The molecule has 0 spiro atoms. The van der Waals surface area contributed by atoms with Crippen LogP contribution in [-0.2, 0) is 4.74 Å². The van der Waals surface area contributed by atoms with E-state index in [2.05, 4.69) is 15.8 Å².